The second-order valence-corrected chi connectivity index (χ2v) is 4.78. The summed E-state index contributed by atoms with van der Waals surface area (Å²) in [5.41, 5.74) is -0.347. The fourth-order valence-electron chi connectivity index (χ4n) is 1.53. The van der Waals surface area contributed by atoms with Crippen molar-refractivity contribution in [1.29, 1.82) is 0 Å². The van der Waals surface area contributed by atoms with Crippen LogP contribution in [0.25, 0.3) is 0 Å². The van der Waals surface area contributed by atoms with E-state index in [9.17, 15) is 4.79 Å². The number of hydrogen-bond donors (Lipinski definition) is 3. The third kappa shape index (κ3) is 6.80. The van der Waals surface area contributed by atoms with Gasteiger partial charge in [0.05, 0.1) is 5.41 Å². The number of amides is 1. The highest BCUT2D eigenvalue weighted by molar-refractivity contribution is 5.81. The van der Waals surface area contributed by atoms with Crippen LogP contribution in [0.2, 0.25) is 0 Å². The van der Waals surface area contributed by atoms with Gasteiger partial charge < -0.3 is 15.7 Å². The minimum absolute atomic E-state index is 0.0697. The first kappa shape index (κ1) is 15.4. The second-order valence-electron chi connectivity index (χ2n) is 4.78. The zero-order valence-electron chi connectivity index (χ0n) is 10.8. The zero-order chi connectivity index (χ0) is 12.4. The van der Waals surface area contributed by atoms with Gasteiger partial charge in [0.25, 0.3) is 0 Å². The molecule has 0 aromatic carbocycles. The van der Waals surface area contributed by atoms with Crippen molar-refractivity contribution in [3.63, 3.8) is 0 Å². The smallest absolute Gasteiger partial charge is 0.226 e. The topological polar surface area (TPSA) is 61.4 Å². The zero-order valence-corrected chi connectivity index (χ0v) is 10.8. The molecule has 0 spiro atoms. The quantitative estimate of drug-likeness (QED) is 0.516. The van der Waals surface area contributed by atoms with Crippen LogP contribution in [0.4, 0.5) is 0 Å². The van der Waals surface area contributed by atoms with Crippen molar-refractivity contribution in [1.82, 2.24) is 10.6 Å². The lowest BCUT2D eigenvalue weighted by Gasteiger charge is -2.22. The molecule has 4 nitrogen and oxygen atoms in total. The lowest BCUT2D eigenvalue weighted by atomic mass is 9.92. The Morgan fingerprint density at radius 1 is 1.19 bits per heavy atom. The van der Waals surface area contributed by atoms with E-state index in [1.165, 1.54) is 0 Å². The maximum absolute atomic E-state index is 11.5. The summed E-state index contributed by atoms with van der Waals surface area (Å²) in [7, 11) is 1.67. The molecular weight excluding hydrogens is 204 g/mol. The van der Waals surface area contributed by atoms with Gasteiger partial charge in [-0.3, -0.25) is 4.79 Å². The average molecular weight is 230 g/mol. The van der Waals surface area contributed by atoms with Crippen molar-refractivity contribution < 1.29 is 9.90 Å². The Hall–Kier alpha value is -0.610. The Bertz CT molecular complexity index is 193. The first-order chi connectivity index (χ1) is 7.54. The predicted octanol–water partition coefficient (Wildman–Crippen LogP) is 0.901. The molecule has 0 bridgehead atoms. The summed E-state index contributed by atoms with van der Waals surface area (Å²) in [5.74, 6) is 0.0697. The standard InChI is InChI=1S/C12H26N2O2/c1-12(2,11(16)13-3)10-14-8-6-4-5-7-9-15/h14-15H,4-10H2,1-3H3,(H,13,16). The van der Waals surface area contributed by atoms with Crippen LogP contribution in [-0.4, -0.2) is 37.8 Å². The first-order valence-electron chi connectivity index (χ1n) is 6.08. The van der Waals surface area contributed by atoms with Gasteiger partial charge in [0.15, 0.2) is 0 Å². The molecule has 1 amide bonds. The fraction of sp³-hybridized carbons (Fsp3) is 0.917. The third-order valence-electron chi connectivity index (χ3n) is 2.67. The van der Waals surface area contributed by atoms with E-state index in [4.69, 9.17) is 5.11 Å². The van der Waals surface area contributed by atoms with Crippen molar-refractivity contribution in [3.8, 4) is 0 Å². The van der Waals surface area contributed by atoms with Crippen LogP contribution in [-0.2, 0) is 4.79 Å². The van der Waals surface area contributed by atoms with Crippen LogP contribution in [0.15, 0.2) is 0 Å². The molecule has 0 rings (SSSR count). The van der Waals surface area contributed by atoms with Gasteiger partial charge in [0.2, 0.25) is 5.91 Å². The van der Waals surface area contributed by atoms with E-state index < -0.39 is 0 Å². The monoisotopic (exact) mass is 230 g/mol. The Labute approximate surface area is 98.8 Å². The van der Waals surface area contributed by atoms with Crippen LogP contribution in [0.1, 0.15) is 39.5 Å². The van der Waals surface area contributed by atoms with E-state index in [2.05, 4.69) is 10.6 Å². The van der Waals surface area contributed by atoms with E-state index in [1.807, 2.05) is 13.8 Å². The van der Waals surface area contributed by atoms with E-state index in [0.717, 1.165) is 32.2 Å². The first-order valence-corrected chi connectivity index (χ1v) is 6.08. The van der Waals surface area contributed by atoms with Crippen LogP contribution < -0.4 is 10.6 Å². The van der Waals surface area contributed by atoms with E-state index >= 15 is 0 Å². The Morgan fingerprint density at radius 2 is 1.81 bits per heavy atom. The van der Waals surface area contributed by atoms with Crippen molar-refractivity contribution >= 4 is 5.91 Å². The SMILES string of the molecule is CNC(=O)C(C)(C)CNCCCCCCO. The van der Waals surface area contributed by atoms with E-state index in [-0.39, 0.29) is 17.9 Å². The number of carbonyl (C=O) groups is 1. The minimum Gasteiger partial charge on any atom is -0.396 e. The predicted molar refractivity (Wildman–Crippen MR) is 66.3 cm³/mol. The van der Waals surface area contributed by atoms with Gasteiger partial charge in [0.1, 0.15) is 0 Å². The molecule has 16 heavy (non-hydrogen) atoms. The normalized spacial score (nSPS) is 11.5. The summed E-state index contributed by atoms with van der Waals surface area (Å²) in [6.07, 6.45) is 4.21. The second kappa shape index (κ2) is 8.53. The van der Waals surface area contributed by atoms with Crippen molar-refractivity contribution in [2.45, 2.75) is 39.5 Å². The molecule has 0 aliphatic rings. The molecule has 4 heteroatoms. The molecule has 0 aliphatic heterocycles. The lowest BCUT2D eigenvalue weighted by molar-refractivity contribution is -0.128. The van der Waals surface area contributed by atoms with Crippen molar-refractivity contribution in [2.75, 3.05) is 26.7 Å². The number of carbonyl (C=O) groups excluding carboxylic acids is 1. The summed E-state index contributed by atoms with van der Waals surface area (Å²) in [5, 5.41) is 14.6. The molecular formula is C12H26N2O2. The number of aliphatic hydroxyl groups is 1. The fourth-order valence-corrected chi connectivity index (χ4v) is 1.53. The Morgan fingerprint density at radius 3 is 2.38 bits per heavy atom. The highest BCUT2D eigenvalue weighted by Gasteiger charge is 2.25. The summed E-state index contributed by atoms with van der Waals surface area (Å²) in [4.78, 5) is 11.5. The van der Waals surface area contributed by atoms with Crippen LogP contribution >= 0.6 is 0 Å². The Kier molecular flexibility index (Phi) is 8.21. The molecule has 3 N–H and O–H groups in total. The summed E-state index contributed by atoms with van der Waals surface area (Å²) >= 11 is 0. The van der Waals surface area contributed by atoms with Gasteiger partial charge in [-0.05, 0) is 33.2 Å². The summed E-state index contributed by atoms with van der Waals surface area (Å²) in [6.45, 7) is 5.80. The third-order valence-corrected chi connectivity index (χ3v) is 2.67. The molecule has 0 aromatic heterocycles. The largest absolute Gasteiger partial charge is 0.396 e. The van der Waals surface area contributed by atoms with Gasteiger partial charge in [-0.15, -0.1) is 0 Å². The molecule has 0 fully saturated rings. The number of unbranched alkanes of at least 4 members (excludes halogenated alkanes) is 3. The molecule has 0 saturated heterocycles. The molecule has 0 aliphatic carbocycles. The number of aliphatic hydroxyl groups excluding tert-OH is 1. The maximum Gasteiger partial charge on any atom is 0.226 e. The van der Waals surface area contributed by atoms with E-state index in [1.54, 1.807) is 7.05 Å². The van der Waals surface area contributed by atoms with E-state index in [0.29, 0.717) is 6.54 Å². The average Bonchev–Trinajstić information content (AvgIpc) is 2.26. The van der Waals surface area contributed by atoms with Crippen molar-refractivity contribution in [3.05, 3.63) is 0 Å². The van der Waals surface area contributed by atoms with Gasteiger partial charge in [-0.1, -0.05) is 12.8 Å². The van der Waals surface area contributed by atoms with Crippen LogP contribution in [0, 0.1) is 5.41 Å². The molecule has 96 valence electrons. The summed E-state index contributed by atoms with van der Waals surface area (Å²) in [6, 6.07) is 0. The molecule has 0 heterocycles. The van der Waals surface area contributed by atoms with Crippen LogP contribution in [0.3, 0.4) is 0 Å². The molecule has 0 unspecified atom stereocenters. The Balaban J connectivity index is 3.47. The van der Waals surface area contributed by atoms with Crippen molar-refractivity contribution in [2.24, 2.45) is 5.41 Å². The summed E-state index contributed by atoms with van der Waals surface area (Å²) < 4.78 is 0. The lowest BCUT2D eigenvalue weighted by Crippen LogP contribution is -2.42. The highest BCUT2D eigenvalue weighted by atomic mass is 16.2. The van der Waals surface area contributed by atoms with Gasteiger partial charge in [0, 0.05) is 20.2 Å². The maximum atomic E-state index is 11.5. The molecule has 0 saturated carbocycles. The van der Waals surface area contributed by atoms with Gasteiger partial charge >= 0.3 is 0 Å². The number of nitrogens with one attached hydrogen (secondary N) is 2. The molecule has 0 atom stereocenters. The molecule has 0 aromatic rings. The highest BCUT2D eigenvalue weighted by Crippen LogP contribution is 2.13. The van der Waals surface area contributed by atoms with Crippen LogP contribution in [0.5, 0.6) is 0 Å². The number of rotatable bonds is 9. The minimum atomic E-state index is -0.347. The number of hydrogen-bond acceptors (Lipinski definition) is 3. The van der Waals surface area contributed by atoms with Gasteiger partial charge in [-0.2, -0.15) is 0 Å². The molecule has 0 radical (unpaired) electrons. The van der Waals surface area contributed by atoms with Gasteiger partial charge in [-0.25, -0.2) is 0 Å².